The molecule has 0 bridgehead atoms. The summed E-state index contributed by atoms with van der Waals surface area (Å²) in [5, 5.41) is 2.96. The molecule has 21 heavy (non-hydrogen) atoms. The molecule has 0 unspecified atom stereocenters. The Morgan fingerprint density at radius 3 is 2.48 bits per heavy atom. The molecule has 2 rings (SSSR count). The smallest absolute Gasteiger partial charge is 0.230 e. The number of carbonyl (C=O) groups is 1. The SMILES string of the molecule is COc1cccc(NC(=O)C(C)(C)Cc2ccccc2)c1. The molecule has 1 N–H and O–H groups in total. The van der Waals surface area contributed by atoms with Crippen LogP contribution >= 0.6 is 0 Å². The lowest BCUT2D eigenvalue weighted by Crippen LogP contribution is -2.32. The first-order valence-corrected chi connectivity index (χ1v) is 7.01. The van der Waals surface area contributed by atoms with E-state index < -0.39 is 5.41 Å². The molecule has 0 atom stereocenters. The van der Waals surface area contributed by atoms with Crippen LogP contribution in [0.25, 0.3) is 0 Å². The Morgan fingerprint density at radius 2 is 1.81 bits per heavy atom. The topological polar surface area (TPSA) is 38.3 Å². The minimum atomic E-state index is -0.482. The number of anilines is 1. The Balaban J connectivity index is 2.07. The van der Waals surface area contributed by atoms with Gasteiger partial charge in [-0.15, -0.1) is 0 Å². The summed E-state index contributed by atoms with van der Waals surface area (Å²) in [6.07, 6.45) is 0.698. The van der Waals surface area contributed by atoms with Gasteiger partial charge in [0.05, 0.1) is 7.11 Å². The van der Waals surface area contributed by atoms with E-state index in [1.807, 2.05) is 68.4 Å². The van der Waals surface area contributed by atoms with Crippen LogP contribution in [0.3, 0.4) is 0 Å². The minimum Gasteiger partial charge on any atom is -0.497 e. The van der Waals surface area contributed by atoms with Crippen molar-refractivity contribution in [1.29, 1.82) is 0 Å². The van der Waals surface area contributed by atoms with Crippen molar-refractivity contribution in [3.05, 3.63) is 60.2 Å². The van der Waals surface area contributed by atoms with Gasteiger partial charge in [0, 0.05) is 17.2 Å². The van der Waals surface area contributed by atoms with Gasteiger partial charge in [-0.1, -0.05) is 50.2 Å². The maximum absolute atomic E-state index is 12.5. The second kappa shape index (κ2) is 6.44. The van der Waals surface area contributed by atoms with E-state index in [0.29, 0.717) is 6.42 Å². The molecule has 3 heteroatoms. The van der Waals surface area contributed by atoms with Crippen LogP contribution in [0.15, 0.2) is 54.6 Å². The van der Waals surface area contributed by atoms with Crippen molar-refractivity contribution in [2.24, 2.45) is 5.41 Å². The van der Waals surface area contributed by atoms with Gasteiger partial charge in [0.2, 0.25) is 5.91 Å². The number of rotatable bonds is 5. The van der Waals surface area contributed by atoms with Crippen LogP contribution in [0.1, 0.15) is 19.4 Å². The summed E-state index contributed by atoms with van der Waals surface area (Å²) in [5.74, 6) is 0.730. The first-order valence-electron chi connectivity index (χ1n) is 7.01. The zero-order chi connectivity index (χ0) is 15.3. The molecule has 0 aliphatic rings. The minimum absolute atomic E-state index is 0.000365. The standard InChI is InChI=1S/C18H21NO2/c1-18(2,13-14-8-5-4-6-9-14)17(20)19-15-10-7-11-16(12-15)21-3/h4-12H,13H2,1-3H3,(H,19,20). The van der Waals surface area contributed by atoms with Gasteiger partial charge in [0.25, 0.3) is 0 Å². The summed E-state index contributed by atoms with van der Waals surface area (Å²) >= 11 is 0. The third-order valence-electron chi connectivity index (χ3n) is 3.43. The highest BCUT2D eigenvalue weighted by Gasteiger charge is 2.28. The van der Waals surface area contributed by atoms with Gasteiger partial charge in [0.15, 0.2) is 0 Å². The lowest BCUT2D eigenvalue weighted by atomic mass is 9.84. The van der Waals surface area contributed by atoms with E-state index in [2.05, 4.69) is 5.32 Å². The fourth-order valence-corrected chi connectivity index (χ4v) is 2.19. The first kappa shape index (κ1) is 15.1. The van der Waals surface area contributed by atoms with E-state index in [4.69, 9.17) is 4.74 Å². The Labute approximate surface area is 126 Å². The molecule has 2 aromatic carbocycles. The number of amides is 1. The van der Waals surface area contributed by atoms with Gasteiger partial charge < -0.3 is 10.1 Å². The molecule has 0 aliphatic carbocycles. The second-order valence-electron chi connectivity index (χ2n) is 5.73. The number of ether oxygens (including phenoxy) is 1. The van der Waals surface area contributed by atoms with Crippen LogP contribution in [-0.4, -0.2) is 13.0 Å². The van der Waals surface area contributed by atoms with Crippen molar-refractivity contribution in [3.63, 3.8) is 0 Å². The number of hydrogen-bond acceptors (Lipinski definition) is 2. The van der Waals surface area contributed by atoms with Crippen LogP contribution < -0.4 is 10.1 Å². The van der Waals surface area contributed by atoms with E-state index in [1.54, 1.807) is 7.11 Å². The van der Waals surface area contributed by atoms with Gasteiger partial charge >= 0.3 is 0 Å². The average molecular weight is 283 g/mol. The van der Waals surface area contributed by atoms with Gasteiger partial charge in [-0.3, -0.25) is 4.79 Å². The molecule has 0 saturated carbocycles. The molecular weight excluding hydrogens is 262 g/mol. The van der Waals surface area contributed by atoms with Crippen molar-refractivity contribution >= 4 is 11.6 Å². The molecule has 0 radical (unpaired) electrons. The molecular formula is C18H21NO2. The molecule has 0 aromatic heterocycles. The van der Waals surface area contributed by atoms with Crippen LogP contribution in [0.2, 0.25) is 0 Å². The number of carbonyl (C=O) groups excluding carboxylic acids is 1. The van der Waals surface area contributed by atoms with Crippen LogP contribution in [0, 0.1) is 5.41 Å². The van der Waals surface area contributed by atoms with Crippen molar-refractivity contribution in [2.45, 2.75) is 20.3 Å². The molecule has 0 heterocycles. The summed E-state index contributed by atoms with van der Waals surface area (Å²) in [6, 6.07) is 17.4. The van der Waals surface area contributed by atoms with Crippen LogP contribution in [0.4, 0.5) is 5.69 Å². The summed E-state index contributed by atoms with van der Waals surface area (Å²) in [5.41, 5.74) is 1.42. The van der Waals surface area contributed by atoms with E-state index >= 15 is 0 Å². The monoisotopic (exact) mass is 283 g/mol. The predicted octanol–water partition coefficient (Wildman–Crippen LogP) is 3.90. The van der Waals surface area contributed by atoms with Crippen molar-refractivity contribution in [1.82, 2.24) is 0 Å². The summed E-state index contributed by atoms with van der Waals surface area (Å²) < 4.78 is 5.17. The van der Waals surface area contributed by atoms with Gasteiger partial charge in [0.1, 0.15) is 5.75 Å². The normalized spacial score (nSPS) is 11.0. The third-order valence-corrected chi connectivity index (χ3v) is 3.43. The number of benzene rings is 2. The zero-order valence-corrected chi connectivity index (χ0v) is 12.7. The number of methoxy groups -OCH3 is 1. The highest BCUT2D eigenvalue weighted by Crippen LogP contribution is 2.25. The maximum Gasteiger partial charge on any atom is 0.230 e. The largest absolute Gasteiger partial charge is 0.497 e. The summed E-state index contributed by atoms with van der Waals surface area (Å²) in [6.45, 7) is 3.91. The molecule has 0 spiro atoms. The lowest BCUT2D eigenvalue weighted by molar-refractivity contribution is -0.123. The molecule has 0 saturated heterocycles. The van der Waals surface area contributed by atoms with Gasteiger partial charge in [-0.2, -0.15) is 0 Å². The van der Waals surface area contributed by atoms with Crippen LogP contribution in [0.5, 0.6) is 5.75 Å². The van der Waals surface area contributed by atoms with E-state index in [-0.39, 0.29) is 5.91 Å². The fourth-order valence-electron chi connectivity index (χ4n) is 2.19. The maximum atomic E-state index is 12.5. The summed E-state index contributed by atoms with van der Waals surface area (Å²) in [4.78, 5) is 12.5. The molecule has 1 amide bonds. The highest BCUT2D eigenvalue weighted by atomic mass is 16.5. The quantitative estimate of drug-likeness (QED) is 0.903. The van der Waals surface area contributed by atoms with E-state index in [0.717, 1.165) is 17.0 Å². The summed E-state index contributed by atoms with van der Waals surface area (Å²) in [7, 11) is 1.61. The van der Waals surface area contributed by atoms with Gasteiger partial charge in [-0.05, 0) is 24.1 Å². The van der Waals surface area contributed by atoms with E-state index in [1.165, 1.54) is 0 Å². The number of hydrogen-bond donors (Lipinski definition) is 1. The average Bonchev–Trinajstić information content (AvgIpc) is 2.48. The lowest BCUT2D eigenvalue weighted by Gasteiger charge is -2.24. The molecule has 3 nitrogen and oxygen atoms in total. The van der Waals surface area contributed by atoms with E-state index in [9.17, 15) is 4.79 Å². The Hall–Kier alpha value is -2.29. The second-order valence-corrected chi connectivity index (χ2v) is 5.73. The highest BCUT2D eigenvalue weighted by molar-refractivity contribution is 5.95. The number of nitrogens with one attached hydrogen (secondary N) is 1. The third kappa shape index (κ3) is 4.09. The molecule has 2 aromatic rings. The first-order chi connectivity index (χ1) is 10.0. The molecule has 110 valence electrons. The van der Waals surface area contributed by atoms with Crippen LogP contribution in [-0.2, 0) is 11.2 Å². The Morgan fingerprint density at radius 1 is 1.10 bits per heavy atom. The van der Waals surface area contributed by atoms with Crippen molar-refractivity contribution < 1.29 is 9.53 Å². The molecule has 0 aliphatic heterocycles. The fraction of sp³-hybridized carbons (Fsp3) is 0.278. The Kier molecular flexibility index (Phi) is 4.63. The predicted molar refractivity (Wildman–Crippen MR) is 85.6 cm³/mol. The van der Waals surface area contributed by atoms with Crippen molar-refractivity contribution in [3.8, 4) is 5.75 Å². The zero-order valence-electron chi connectivity index (χ0n) is 12.7. The van der Waals surface area contributed by atoms with Gasteiger partial charge in [-0.25, -0.2) is 0 Å². The molecule has 0 fully saturated rings. The Bertz CT molecular complexity index is 606. The van der Waals surface area contributed by atoms with Crippen molar-refractivity contribution in [2.75, 3.05) is 12.4 Å².